The standard InChI is InChI=1S/C14H19N3O2.ClH/c1-17-9-10(2-3-12(17)18)16-13(19)11-8-14(11)4-6-15-7-5-14;/h2-3,9,11,15H,4-8H2,1H3,(H,16,19);1H. The number of pyridine rings is 1. The highest BCUT2D eigenvalue weighted by Crippen LogP contribution is 2.58. The van der Waals surface area contributed by atoms with Gasteiger partial charge < -0.3 is 15.2 Å². The van der Waals surface area contributed by atoms with Crippen molar-refractivity contribution in [2.24, 2.45) is 18.4 Å². The van der Waals surface area contributed by atoms with Crippen LogP contribution in [0.4, 0.5) is 5.69 Å². The number of rotatable bonds is 2. The van der Waals surface area contributed by atoms with Crippen LogP contribution in [-0.4, -0.2) is 23.6 Å². The molecule has 1 amide bonds. The third-order valence-corrected chi connectivity index (χ3v) is 4.46. The molecule has 1 atom stereocenters. The lowest BCUT2D eigenvalue weighted by Gasteiger charge is -2.23. The molecule has 5 nitrogen and oxygen atoms in total. The second-order valence-corrected chi connectivity index (χ2v) is 5.73. The first kappa shape index (κ1) is 15.1. The second-order valence-electron chi connectivity index (χ2n) is 5.73. The fraction of sp³-hybridized carbons (Fsp3) is 0.571. The first-order valence-electron chi connectivity index (χ1n) is 6.79. The molecule has 2 heterocycles. The quantitative estimate of drug-likeness (QED) is 0.860. The minimum absolute atomic E-state index is 0. The van der Waals surface area contributed by atoms with Crippen LogP contribution in [0, 0.1) is 11.3 Å². The summed E-state index contributed by atoms with van der Waals surface area (Å²) in [5.41, 5.74) is 0.873. The topological polar surface area (TPSA) is 63.1 Å². The lowest BCUT2D eigenvalue weighted by Crippen LogP contribution is -2.31. The normalized spacial score (nSPS) is 22.9. The van der Waals surface area contributed by atoms with E-state index in [1.54, 1.807) is 19.3 Å². The van der Waals surface area contributed by atoms with Crippen molar-refractivity contribution in [3.05, 3.63) is 28.7 Å². The number of nitrogens with zero attached hydrogens (tertiary/aromatic N) is 1. The van der Waals surface area contributed by atoms with Gasteiger partial charge in [-0.15, -0.1) is 12.4 Å². The highest BCUT2D eigenvalue weighted by molar-refractivity contribution is 5.95. The van der Waals surface area contributed by atoms with Gasteiger partial charge in [0, 0.05) is 25.2 Å². The van der Waals surface area contributed by atoms with Gasteiger partial charge in [-0.3, -0.25) is 9.59 Å². The van der Waals surface area contributed by atoms with E-state index in [0.717, 1.165) is 32.4 Å². The smallest absolute Gasteiger partial charge is 0.250 e. The van der Waals surface area contributed by atoms with Crippen molar-refractivity contribution in [1.29, 1.82) is 0 Å². The number of carbonyl (C=O) groups excluding carboxylic acids is 1. The number of aryl methyl sites for hydroxylation is 1. The number of piperidine rings is 1. The van der Waals surface area contributed by atoms with Crippen molar-refractivity contribution in [2.75, 3.05) is 18.4 Å². The van der Waals surface area contributed by atoms with Gasteiger partial charge in [-0.25, -0.2) is 0 Å². The van der Waals surface area contributed by atoms with Gasteiger partial charge in [0.1, 0.15) is 0 Å². The van der Waals surface area contributed by atoms with Crippen LogP contribution in [0.25, 0.3) is 0 Å². The molecule has 20 heavy (non-hydrogen) atoms. The lowest BCUT2D eigenvalue weighted by atomic mass is 9.92. The van der Waals surface area contributed by atoms with E-state index in [0.29, 0.717) is 5.69 Å². The molecule has 1 unspecified atom stereocenters. The number of carbonyl (C=O) groups is 1. The van der Waals surface area contributed by atoms with E-state index in [4.69, 9.17) is 0 Å². The molecular formula is C14H20ClN3O2. The molecule has 2 fully saturated rings. The molecule has 0 radical (unpaired) electrons. The monoisotopic (exact) mass is 297 g/mol. The number of hydrogen-bond donors (Lipinski definition) is 2. The van der Waals surface area contributed by atoms with E-state index in [1.165, 1.54) is 10.6 Å². The van der Waals surface area contributed by atoms with E-state index < -0.39 is 0 Å². The largest absolute Gasteiger partial charge is 0.325 e. The SMILES string of the molecule is Cl.Cn1cc(NC(=O)C2CC23CCNCC3)ccc1=O. The minimum Gasteiger partial charge on any atom is -0.325 e. The van der Waals surface area contributed by atoms with Crippen LogP contribution in [0.15, 0.2) is 23.1 Å². The van der Waals surface area contributed by atoms with E-state index in [1.807, 2.05) is 0 Å². The van der Waals surface area contributed by atoms with E-state index in [9.17, 15) is 9.59 Å². The van der Waals surface area contributed by atoms with E-state index in [2.05, 4.69) is 10.6 Å². The maximum Gasteiger partial charge on any atom is 0.250 e. The van der Waals surface area contributed by atoms with Crippen LogP contribution in [0.5, 0.6) is 0 Å². The molecule has 2 aliphatic rings. The Morgan fingerprint density at radius 2 is 2.10 bits per heavy atom. The Morgan fingerprint density at radius 1 is 1.40 bits per heavy atom. The number of nitrogens with one attached hydrogen (secondary N) is 2. The molecule has 1 aromatic rings. The summed E-state index contributed by atoms with van der Waals surface area (Å²) in [7, 11) is 1.68. The minimum atomic E-state index is -0.0701. The first-order valence-corrected chi connectivity index (χ1v) is 6.79. The summed E-state index contributed by atoms with van der Waals surface area (Å²) in [6.07, 6.45) is 4.86. The summed E-state index contributed by atoms with van der Waals surface area (Å²) in [6, 6.07) is 3.14. The van der Waals surface area contributed by atoms with Crippen LogP contribution >= 0.6 is 12.4 Å². The number of halogens is 1. The Balaban J connectivity index is 0.00000147. The Kier molecular flexibility index (Phi) is 4.20. The van der Waals surface area contributed by atoms with Crippen LogP contribution in [0.2, 0.25) is 0 Å². The van der Waals surface area contributed by atoms with Gasteiger partial charge in [0.05, 0.1) is 5.69 Å². The molecule has 1 aromatic heterocycles. The Morgan fingerprint density at radius 3 is 2.75 bits per heavy atom. The molecule has 1 saturated heterocycles. The van der Waals surface area contributed by atoms with Crippen LogP contribution in [0.1, 0.15) is 19.3 Å². The zero-order valence-electron chi connectivity index (χ0n) is 11.5. The fourth-order valence-electron chi connectivity index (χ4n) is 3.09. The second kappa shape index (κ2) is 5.58. The molecule has 110 valence electrons. The maximum absolute atomic E-state index is 12.2. The molecule has 0 bridgehead atoms. The zero-order chi connectivity index (χ0) is 13.5. The van der Waals surface area contributed by atoms with Gasteiger partial charge in [0.25, 0.3) is 0 Å². The van der Waals surface area contributed by atoms with Crippen molar-refractivity contribution in [2.45, 2.75) is 19.3 Å². The molecule has 2 N–H and O–H groups in total. The Hall–Kier alpha value is -1.33. The molecular weight excluding hydrogens is 278 g/mol. The maximum atomic E-state index is 12.2. The first-order chi connectivity index (χ1) is 9.11. The van der Waals surface area contributed by atoms with Crippen LogP contribution in [-0.2, 0) is 11.8 Å². The predicted molar refractivity (Wildman–Crippen MR) is 80.2 cm³/mol. The van der Waals surface area contributed by atoms with Crippen molar-refractivity contribution in [1.82, 2.24) is 9.88 Å². The van der Waals surface area contributed by atoms with E-state index in [-0.39, 0.29) is 35.2 Å². The summed E-state index contributed by atoms with van der Waals surface area (Å²) >= 11 is 0. The summed E-state index contributed by atoms with van der Waals surface area (Å²) in [5.74, 6) is 0.243. The van der Waals surface area contributed by atoms with Crippen LogP contribution < -0.4 is 16.2 Å². The van der Waals surface area contributed by atoms with Gasteiger partial charge in [-0.05, 0) is 43.8 Å². The zero-order valence-corrected chi connectivity index (χ0v) is 12.3. The third kappa shape index (κ3) is 2.74. The van der Waals surface area contributed by atoms with Gasteiger partial charge in [-0.2, -0.15) is 0 Å². The lowest BCUT2D eigenvalue weighted by molar-refractivity contribution is -0.118. The highest BCUT2D eigenvalue weighted by Gasteiger charge is 2.57. The molecule has 1 saturated carbocycles. The van der Waals surface area contributed by atoms with Crippen molar-refractivity contribution in [3.63, 3.8) is 0 Å². The van der Waals surface area contributed by atoms with Gasteiger partial charge in [0.15, 0.2) is 0 Å². The van der Waals surface area contributed by atoms with Gasteiger partial charge in [-0.1, -0.05) is 0 Å². The van der Waals surface area contributed by atoms with Crippen molar-refractivity contribution < 1.29 is 4.79 Å². The summed E-state index contributed by atoms with van der Waals surface area (Å²) < 4.78 is 1.48. The molecule has 1 aliphatic carbocycles. The van der Waals surface area contributed by atoms with Gasteiger partial charge >= 0.3 is 0 Å². The summed E-state index contributed by atoms with van der Waals surface area (Å²) in [4.78, 5) is 23.5. The third-order valence-electron chi connectivity index (χ3n) is 4.46. The number of aromatic nitrogens is 1. The average Bonchev–Trinajstić information content (AvgIpc) is 3.08. The number of hydrogen-bond acceptors (Lipinski definition) is 3. The van der Waals surface area contributed by atoms with Crippen molar-refractivity contribution >= 4 is 24.0 Å². The molecule has 6 heteroatoms. The molecule has 1 spiro atoms. The summed E-state index contributed by atoms with van der Waals surface area (Å²) in [6.45, 7) is 2.03. The Bertz CT molecular complexity index is 564. The molecule has 3 rings (SSSR count). The predicted octanol–water partition coefficient (Wildman–Crippen LogP) is 1.14. The fourth-order valence-corrected chi connectivity index (χ4v) is 3.09. The van der Waals surface area contributed by atoms with E-state index >= 15 is 0 Å². The Labute approximate surface area is 124 Å². The highest BCUT2D eigenvalue weighted by atomic mass is 35.5. The van der Waals surface area contributed by atoms with Crippen molar-refractivity contribution in [3.8, 4) is 0 Å². The molecule has 0 aromatic carbocycles. The molecule has 1 aliphatic heterocycles. The van der Waals surface area contributed by atoms with Gasteiger partial charge in [0.2, 0.25) is 11.5 Å². The summed E-state index contributed by atoms with van der Waals surface area (Å²) in [5, 5.41) is 6.26. The number of amides is 1. The number of anilines is 1. The van der Waals surface area contributed by atoms with Crippen LogP contribution in [0.3, 0.4) is 0 Å². The average molecular weight is 298 g/mol.